The lowest BCUT2D eigenvalue weighted by molar-refractivity contribution is -0.148. The SMILES string of the molecule is O=C1C2=C(C=C[C@@H]3C(=O)[C@H]2[C@@H]2O[C@H]3c3ccccc32)[C@@H]2[C@H]1[C@@H]1O[C@H]2c2ccccc21. The summed E-state index contributed by atoms with van der Waals surface area (Å²) in [5.41, 5.74) is 6.20. The Balaban J connectivity index is 1.33. The first-order valence-electron chi connectivity index (χ1n) is 10.7. The Bertz CT molecular complexity index is 1250. The van der Waals surface area contributed by atoms with Gasteiger partial charge in [-0.15, -0.1) is 0 Å². The molecule has 0 N–H and O–H groups in total. The van der Waals surface area contributed by atoms with Gasteiger partial charge in [-0.3, -0.25) is 9.59 Å². The number of ketones is 2. The molecule has 2 aromatic rings. The van der Waals surface area contributed by atoms with Crippen LogP contribution in [0.25, 0.3) is 0 Å². The minimum absolute atomic E-state index is 0.00423. The summed E-state index contributed by atoms with van der Waals surface area (Å²) in [7, 11) is 0. The number of hydrogen-bond acceptors (Lipinski definition) is 4. The van der Waals surface area contributed by atoms with Gasteiger partial charge in [0.2, 0.25) is 0 Å². The molecule has 4 aliphatic heterocycles. The third-order valence-corrected chi connectivity index (χ3v) is 8.14. The number of benzene rings is 2. The molecule has 0 spiro atoms. The van der Waals surface area contributed by atoms with Gasteiger partial charge in [0, 0.05) is 11.5 Å². The molecule has 0 unspecified atom stereocenters. The van der Waals surface area contributed by atoms with Crippen LogP contribution in [0.15, 0.2) is 71.8 Å². The number of ether oxygens (including phenoxy) is 2. The third kappa shape index (κ3) is 1.59. The second-order valence-electron chi connectivity index (χ2n) is 9.26. The fraction of sp³-hybridized carbons (Fsp3) is 0.308. The van der Waals surface area contributed by atoms with Crippen LogP contribution in [-0.4, -0.2) is 11.6 Å². The monoisotopic (exact) mass is 394 g/mol. The second kappa shape index (κ2) is 5.08. The minimum Gasteiger partial charge on any atom is -0.364 e. The summed E-state index contributed by atoms with van der Waals surface area (Å²) in [6.45, 7) is 0. The topological polar surface area (TPSA) is 52.6 Å². The van der Waals surface area contributed by atoms with Crippen LogP contribution in [0.3, 0.4) is 0 Å². The zero-order valence-electron chi connectivity index (χ0n) is 16.0. The van der Waals surface area contributed by atoms with Crippen LogP contribution in [-0.2, 0) is 19.1 Å². The van der Waals surface area contributed by atoms with E-state index < -0.39 is 5.92 Å². The number of carbonyl (C=O) groups is 2. The van der Waals surface area contributed by atoms with Gasteiger partial charge < -0.3 is 9.47 Å². The highest BCUT2D eigenvalue weighted by molar-refractivity contribution is 6.09. The first kappa shape index (κ1) is 15.9. The van der Waals surface area contributed by atoms with Gasteiger partial charge in [0.25, 0.3) is 0 Å². The molecular formula is C26H18O4. The van der Waals surface area contributed by atoms with Crippen LogP contribution >= 0.6 is 0 Å². The molecule has 0 aromatic heterocycles. The summed E-state index contributed by atoms with van der Waals surface area (Å²) < 4.78 is 12.7. The zero-order valence-corrected chi connectivity index (χ0v) is 16.0. The summed E-state index contributed by atoms with van der Waals surface area (Å²) >= 11 is 0. The zero-order chi connectivity index (χ0) is 19.7. The lowest BCUT2D eigenvalue weighted by Crippen LogP contribution is -2.38. The normalized spacial score (nSPS) is 40.9. The molecule has 2 saturated heterocycles. The fourth-order valence-corrected chi connectivity index (χ4v) is 7.03. The van der Waals surface area contributed by atoms with Gasteiger partial charge in [0.1, 0.15) is 0 Å². The lowest BCUT2D eigenvalue weighted by Gasteiger charge is -2.33. The van der Waals surface area contributed by atoms with Crippen LogP contribution < -0.4 is 0 Å². The van der Waals surface area contributed by atoms with Crippen LogP contribution in [0.2, 0.25) is 0 Å². The maximum atomic E-state index is 13.8. The summed E-state index contributed by atoms with van der Waals surface area (Å²) in [6, 6.07) is 16.3. The average molecular weight is 394 g/mol. The molecule has 2 fully saturated rings. The number of allylic oxidation sites excluding steroid dienone is 1. The molecule has 0 radical (unpaired) electrons. The van der Waals surface area contributed by atoms with E-state index in [1.54, 1.807) is 0 Å². The van der Waals surface area contributed by atoms with Crippen LogP contribution in [0, 0.1) is 23.7 Å². The number of Topliss-reactive ketones (excluding diaryl/α,β-unsaturated/α-hetero) is 2. The molecule has 4 nitrogen and oxygen atoms in total. The van der Waals surface area contributed by atoms with Crippen molar-refractivity contribution >= 4 is 11.6 Å². The van der Waals surface area contributed by atoms with E-state index in [9.17, 15) is 9.59 Å². The molecule has 6 bridgehead atoms. The van der Waals surface area contributed by atoms with E-state index in [-0.39, 0.29) is 53.7 Å². The standard InChI is InChI=1S/C26H18O4/c27-21-16-10-9-15-17(19(21)25-12-6-2-1-5-11(12)23(16)29-25)22(28)20-18(15)24-13-7-3-4-8-14(13)26(20)30-24/h1-10,16,18-20,23-26H/t16-,18-,19+,20-,23+,24+,25-,26-/m1/s1. The van der Waals surface area contributed by atoms with Crippen molar-refractivity contribution in [3.8, 4) is 0 Å². The quantitative estimate of drug-likeness (QED) is 0.675. The van der Waals surface area contributed by atoms with E-state index in [1.165, 1.54) is 5.56 Å². The Kier molecular flexibility index (Phi) is 2.70. The summed E-state index contributed by atoms with van der Waals surface area (Å²) in [4.78, 5) is 27.4. The molecule has 2 aliphatic carbocycles. The number of fused-ring (bicyclic) bond motifs is 19. The van der Waals surface area contributed by atoms with Crippen molar-refractivity contribution < 1.29 is 19.1 Å². The van der Waals surface area contributed by atoms with Gasteiger partial charge >= 0.3 is 0 Å². The molecule has 8 atom stereocenters. The largest absolute Gasteiger partial charge is 0.364 e. The molecule has 146 valence electrons. The van der Waals surface area contributed by atoms with Crippen molar-refractivity contribution in [1.82, 2.24) is 0 Å². The molecule has 8 rings (SSSR count). The highest BCUT2D eigenvalue weighted by Gasteiger charge is 2.64. The van der Waals surface area contributed by atoms with Crippen molar-refractivity contribution in [2.75, 3.05) is 0 Å². The van der Waals surface area contributed by atoms with Gasteiger partial charge in [-0.1, -0.05) is 60.7 Å². The molecule has 0 saturated carbocycles. The maximum absolute atomic E-state index is 13.8. The van der Waals surface area contributed by atoms with Crippen LogP contribution in [0.5, 0.6) is 0 Å². The molecule has 4 heteroatoms. The van der Waals surface area contributed by atoms with Crippen molar-refractivity contribution in [3.63, 3.8) is 0 Å². The van der Waals surface area contributed by atoms with E-state index in [2.05, 4.69) is 30.3 Å². The maximum Gasteiger partial charge on any atom is 0.166 e. The smallest absolute Gasteiger partial charge is 0.166 e. The van der Waals surface area contributed by atoms with Crippen molar-refractivity contribution in [2.45, 2.75) is 24.4 Å². The van der Waals surface area contributed by atoms with Gasteiger partial charge in [-0.05, 0) is 27.8 Å². The molecular weight excluding hydrogens is 376 g/mol. The highest BCUT2D eigenvalue weighted by atomic mass is 16.5. The first-order valence-corrected chi connectivity index (χ1v) is 10.7. The number of hydrogen-bond donors (Lipinski definition) is 0. The van der Waals surface area contributed by atoms with Gasteiger partial charge in [-0.25, -0.2) is 0 Å². The highest BCUT2D eigenvalue weighted by Crippen LogP contribution is 2.66. The fourth-order valence-electron chi connectivity index (χ4n) is 7.03. The van der Waals surface area contributed by atoms with Crippen LogP contribution in [0.4, 0.5) is 0 Å². The number of carbonyl (C=O) groups excluding carboxylic acids is 2. The lowest BCUT2D eigenvalue weighted by atomic mass is 9.74. The Morgan fingerprint density at radius 1 is 0.667 bits per heavy atom. The van der Waals surface area contributed by atoms with E-state index in [0.717, 1.165) is 22.3 Å². The summed E-state index contributed by atoms with van der Waals surface area (Å²) in [6.07, 6.45) is 3.14. The molecule has 2 aromatic carbocycles. The third-order valence-electron chi connectivity index (χ3n) is 8.14. The predicted molar refractivity (Wildman–Crippen MR) is 106 cm³/mol. The van der Waals surface area contributed by atoms with Crippen molar-refractivity contribution in [1.29, 1.82) is 0 Å². The average Bonchev–Trinajstić information content (AvgIpc) is 3.48. The second-order valence-corrected chi connectivity index (χ2v) is 9.26. The molecule has 0 amide bonds. The Labute approximate surface area is 173 Å². The van der Waals surface area contributed by atoms with E-state index in [4.69, 9.17) is 9.47 Å². The predicted octanol–water partition coefficient (Wildman–Crippen LogP) is 4.12. The van der Waals surface area contributed by atoms with Gasteiger partial charge in [0.05, 0.1) is 42.2 Å². The van der Waals surface area contributed by atoms with Gasteiger partial charge in [-0.2, -0.15) is 0 Å². The molecule has 6 aliphatic rings. The Hall–Kier alpha value is -2.82. The molecule has 4 heterocycles. The van der Waals surface area contributed by atoms with E-state index in [1.807, 2.05) is 30.3 Å². The summed E-state index contributed by atoms with van der Waals surface area (Å²) in [5, 5.41) is 0. The van der Waals surface area contributed by atoms with Crippen LogP contribution in [0.1, 0.15) is 46.7 Å². The van der Waals surface area contributed by atoms with Crippen molar-refractivity contribution in [2.24, 2.45) is 23.7 Å². The Morgan fingerprint density at radius 2 is 1.23 bits per heavy atom. The summed E-state index contributed by atoms with van der Waals surface area (Å²) in [5.74, 6) is -0.846. The number of rotatable bonds is 0. The minimum atomic E-state index is -0.513. The van der Waals surface area contributed by atoms with Gasteiger partial charge in [0.15, 0.2) is 11.6 Å². The van der Waals surface area contributed by atoms with E-state index in [0.29, 0.717) is 5.57 Å². The van der Waals surface area contributed by atoms with Crippen molar-refractivity contribution in [3.05, 3.63) is 94.1 Å². The van der Waals surface area contributed by atoms with E-state index >= 15 is 0 Å². The molecule has 30 heavy (non-hydrogen) atoms. The first-order chi connectivity index (χ1) is 14.7. The Morgan fingerprint density at radius 3 is 1.93 bits per heavy atom.